The van der Waals surface area contributed by atoms with Crippen LogP contribution in [-0.4, -0.2) is 11.2 Å². The van der Waals surface area contributed by atoms with E-state index in [0.29, 0.717) is 5.41 Å². The third kappa shape index (κ3) is 5.17. The quantitative estimate of drug-likeness (QED) is 0.393. The lowest BCUT2D eigenvalue weighted by molar-refractivity contribution is 0.0129. The van der Waals surface area contributed by atoms with Crippen LogP contribution in [0.15, 0.2) is 0 Å². The number of unbranched alkanes of at least 4 members (excludes halogenated alkanes) is 1. The van der Waals surface area contributed by atoms with Crippen LogP contribution < -0.4 is 0 Å². The molecular weight excluding hydrogens is 412 g/mol. The second-order valence-corrected chi connectivity index (χ2v) is 14.5. The fourth-order valence-corrected chi connectivity index (χ4v) is 11.0. The van der Waals surface area contributed by atoms with Crippen molar-refractivity contribution in [3.05, 3.63) is 0 Å². The summed E-state index contributed by atoms with van der Waals surface area (Å²) in [6.07, 6.45) is 27.6. The van der Waals surface area contributed by atoms with Crippen LogP contribution in [0.3, 0.4) is 0 Å². The largest absolute Gasteiger partial charge is 0.393 e. The van der Waals surface area contributed by atoms with Crippen molar-refractivity contribution in [1.82, 2.24) is 0 Å². The second-order valence-electron chi connectivity index (χ2n) is 14.5. The highest BCUT2D eigenvalue weighted by molar-refractivity contribution is 5.03. The van der Waals surface area contributed by atoms with Gasteiger partial charge in [0.25, 0.3) is 0 Å². The molecule has 34 heavy (non-hydrogen) atoms. The predicted molar refractivity (Wildman–Crippen MR) is 145 cm³/mol. The van der Waals surface area contributed by atoms with Gasteiger partial charge in [-0.25, -0.2) is 0 Å². The summed E-state index contributed by atoms with van der Waals surface area (Å²) in [5.74, 6) is 8.64. The Bertz CT molecular complexity index is 628. The highest BCUT2D eigenvalue weighted by Crippen LogP contribution is 2.61. The Hall–Kier alpha value is -0.0400. The average molecular weight is 471 g/mol. The maximum atomic E-state index is 10.9. The van der Waals surface area contributed by atoms with Crippen molar-refractivity contribution in [1.29, 1.82) is 0 Å². The van der Waals surface area contributed by atoms with Crippen molar-refractivity contribution in [3.63, 3.8) is 0 Å². The van der Waals surface area contributed by atoms with E-state index in [1.54, 1.807) is 6.42 Å². The Balaban J connectivity index is 1.24. The molecule has 4 unspecified atom stereocenters. The normalized spacial score (nSPS) is 48.2. The number of hydrogen-bond donors (Lipinski definition) is 1. The van der Waals surface area contributed by atoms with Crippen LogP contribution in [0.25, 0.3) is 0 Å². The summed E-state index contributed by atoms with van der Waals surface area (Å²) in [4.78, 5) is 0. The van der Waals surface area contributed by atoms with E-state index < -0.39 is 0 Å². The van der Waals surface area contributed by atoms with Crippen LogP contribution in [0.4, 0.5) is 0 Å². The van der Waals surface area contributed by atoms with E-state index in [9.17, 15) is 5.11 Å². The maximum Gasteiger partial charge on any atom is 0.0548 e. The van der Waals surface area contributed by atoms with Crippen LogP contribution in [0, 0.1) is 58.7 Å². The molecular formula is C33H58O. The molecule has 5 rings (SSSR count). The molecule has 5 saturated carbocycles. The minimum absolute atomic E-state index is 0.0246. The summed E-state index contributed by atoms with van der Waals surface area (Å²) in [6.45, 7) is 7.54. The zero-order chi connectivity index (χ0) is 23.7. The van der Waals surface area contributed by atoms with Crippen molar-refractivity contribution < 1.29 is 5.11 Å². The highest BCUT2D eigenvalue weighted by Gasteiger charge is 2.54. The van der Waals surface area contributed by atoms with Crippen LogP contribution in [-0.2, 0) is 0 Å². The van der Waals surface area contributed by atoms with Crippen molar-refractivity contribution in [2.75, 3.05) is 0 Å². The first-order valence-electron chi connectivity index (χ1n) is 16.2. The lowest BCUT2D eigenvalue weighted by Gasteiger charge is -2.48. The van der Waals surface area contributed by atoms with E-state index in [1.165, 1.54) is 103 Å². The molecule has 5 fully saturated rings. The van der Waals surface area contributed by atoms with Crippen LogP contribution in [0.2, 0.25) is 0 Å². The molecule has 0 amide bonds. The van der Waals surface area contributed by atoms with E-state index in [-0.39, 0.29) is 6.10 Å². The maximum absolute atomic E-state index is 10.9. The number of fused-ring (bicyclic) bond motifs is 1. The fraction of sp³-hybridized carbons (Fsp3) is 1.00. The molecule has 1 nitrogen and oxygen atoms in total. The molecule has 0 aromatic carbocycles. The third-order valence-electron chi connectivity index (χ3n) is 12.9. The van der Waals surface area contributed by atoms with Gasteiger partial charge in [0.05, 0.1) is 6.10 Å². The van der Waals surface area contributed by atoms with Crippen LogP contribution in [0.5, 0.6) is 0 Å². The third-order valence-corrected chi connectivity index (χ3v) is 12.9. The molecule has 0 spiro atoms. The van der Waals surface area contributed by atoms with E-state index in [4.69, 9.17) is 0 Å². The molecule has 5 aliphatic carbocycles. The molecule has 1 heteroatoms. The Morgan fingerprint density at radius 1 is 0.765 bits per heavy atom. The lowest BCUT2D eigenvalue weighted by atomic mass is 9.57. The zero-order valence-electron chi connectivity index (χ0n) is 23.2. The predicted octanol–water partition coefficient (Wildman–Crippen LogP) is 9.42. The van der Waals surface area contributed by atoms with Crippen molar-refractivity contribution in [3.8, 4) is 0 Å². The summed E-state index contributed by atoms with van der Waals surface area (Å²) < 4.78 is 0. The average Bonchev–Trinajstić information content (AvgIpc) is 3.33. The summed E-state index contributed by atoms with van der Waals surface area (Å²) in [6, 6.07) is 0. The molecule has 0 radical (unpaired) electrons. The molecule has 8 atom stereocenters. The topological polar surface area (TPSA) is 20.2 Å². The smallest absolute Gasteiger partial charge is 0.0548 e. The van der Waals surface area contributed by atoms with Gasteiger partial charge in [-0.3, -0.25) is 0 Å². The monoisotopic (exact) mass is 470 g/mol. The molecule has 0 aliphatic heterocycles. The molecule has 0 bridgehead atoms. The highest BCUT2D eigenvalue weighted by atomic mass is 16.3. The first-order valence-corrected chi connectivity index (χ1v) is 16.2. The van der Waals surface area contributed by atoms with Gasteiger partial charge in [-0.1, -0.05) is 78.6 Å². The molecule has 196 valence electrons. The van der Waals surface area contributed by atoms with Crippen molar-refractivity contribution in [2.24, 2.45) is 58.7 Å². The van der Waals surface area contributed by atoms with Gasteiger partial charge in [-0.05, 0) is 123 Å². The van der Waals surface area contributed by atoms with E-state index in [0.717, 1.165) is 66.1 Å². The van der Waals surface area contributed by atoms with Gasteiger partial charge >= 0.3 is 0 Å². The Morgan fingerprint density at radius 3 is 2.18 bits per heavy atom. The van der Waals surface area contributed by atoms with E-state index in [1.807, 2.05) is 0 Å². The Morgan fingerprint density at radius 2 is 1.50 bits per heavy atom. The van der Waals surface area contributed by atoms with Gasteiger partial charge in [-0.2, -0.15) is 0 Å². The van der Waals surface area contributed by atoms with E-state index in [2.05, 4.69) is 20.8 Å². The van der Waals surface area contributed by atoms with Gasteiger partial charge in [0.15, 0.2) is 0 Å². The number of hydrogen-bond acceptors (Lipinski definition) is 1. The fourth-order valence-electron chi connectivity index (χ4n) is 11.0. The summed E-state index contributed by atoms with van der Waals surface area (Å²) in [7, 11) is 0. The van der Waals surface area contributed by atoms with Gasteiger partial charge < -0.3 is 5.11 Å². The SMILES string of the molecule is CCCC[C@@H]1CCC2C(CC(C[C@]3(C4CCC(C5CCCCC5)CC4)C[C@@H](O)CC3C)[C@H]2C)C1. The number of aliphatic hydroxyl groups is 1. The first-order chi connectivity index (χ1) is 16.5. The molecule has 0 aromatic rings. The number of aliphatic hydroxyl groups excluding tert-OH is 1. The minimum Gasteiger partial charge on any atom is -0.393 e. The zero-order valence-corrected chi connectivity index (χ0v) is 23.2. The standard InChI is InChI=1S/C33H58O/c1-4-5-9-25-12-17-32-24(3)29(20-28(32)19-25)21-33(22-31(34)18-23(33)2)30-15-13-27(14-16-30)26-10-7-6-8-11-26/h23-32,34H,4-22H2,1-3H3/t23?,24-,25-,27?,28?,29?,30?,31+,32?,33+/m1/s1. The Kier molecular flexibility index (Phi) is 8.39. The molecule has 0 saturated heterocycles. The molecule has 5 aliphatic rings. The first kappa shape index (κ1) is 25.6. The van der Waals surface area contributed by atoms with Gasteiger partial charge in [0.2, 0.25) is 0 Å². The number of rotatable bonds is 7. The van der Waals surface area contributed by atoms with Crippen molar-refractivity contribution in [2.45, 2.75) is 149 Å². The van der Waals surface area contributed by atoms with Gasteiger partial charge in [0, 0.05) is 0 Å². The molecule has 0 aromatic heterocycles. The summed E-state index contributed by atoms with van der Waals surface area (Å²) >= 11 is 0. The minimum atomic E-state index is -0.0246. The molecule has 0 heterocycles. The second kappa shape index (κ2) is 11.1. The van der Waals surface area contributed by atoms with E-state index >= 15 is 0 Å². The van der Waals surface area contributed by atoms with Gasteiger partial charge in [0.1, 0.15) is 0 Å². The Labute approximate surface area is 212 Å². The summed E-state index contributed by atoms with van der Waals surface area (Å²) in [5.41, 5.74) is 0.449. The van der Waals surface area contributed by atoms with Crippen molar-refractivity contribution >= 4 is 0 Å². The van der Waals surface area contributed by atoms with Crippen LogP contribution in [0.1, 0.15) is 143 Å². The molecule has 1 N–H and O–H groups in total. The van der Waals surface area contributed by atoms with Gasteiger partial charge in [-0.15, -0.1) is 0 Å². The summed E-state index contributed by atoms with van der Waals surface area (Å²) in [5, 5.41) is 10.9. The lowest BCUT2D eigenvalue weighted by Crippen LogP contribution is -2.39. The van der Waals surface area contributed by atoms with Crippen LogP contribution >= 0.6 is 0 Å².